The van der Waals surface area contributed by atoms with Crippen LogP contribution in [0.25, 0.3) is 0 Å². The fourth-order valence-corrected chi connectivity index (χ4v) is 3.29. The van der Waals surface area contributed by atoms with Gasteiger partial charge < -0.3 is 20.3 Å². The quantitative estimate of drug-likeness (QED) is 0.671. The predicted molar refractivity (Wildman–Crippen MR) is 112 cm³/mol. The Hall–Kier alpha value is -3.39. The maximum absolute atomic E-state index is 12.8. The second kappa shape index (κ2) is 8.32. The smallest absolute Gasteiger partial charge is 0.257 e. The normalized spacial score (nSPS) is 15.9. The van der Waals surface area contributed by atoms with Crippen molar-refractivity contribution in [3.63, 3.8) is 0 Å². The van der Waals surface area contributed by atoms with Crippen molar-refractivity contribution in [2.24, 2.45) is 7.05 Å². The molecule has 1 unspecified atom stereocenters. The van der Waals surface area contributed by atoms with E-state index >= 15 is 0 Å². The van der Waals surface area contributed by atoms with Gasteiger partial charge in [0.25, 0.3) is 5.91 Å². The summed E-state index contributed by atoms with van der Waals surface area (Å²) in [6, 6.07) is 14.9. The van der Waals surface area contributed by atoms with Crippen molar-refractivity contribution in [3.05, 3.63) is 60.3 Å². The molecule has 1 aromatic carbocycles. The highest BCUT2D eigenvalue weighted by Gasteiger charge is 2.22. The number of benzene rings is 1. The number of pyridine rings is 1. The summed E-state index contributed by atoms with van der Waals surface area (Å²) in [7, 11) is 3.79. The average molecular weight is 392 g/mol. The molecule has 29 heavy (non-hydrogen) atoms. The van der Waals surface area contributed by atoms with Crippen LogP contribution >= 0.6 is 0 Å². The van der Waals surface area contributed by atoms with Crippen LogP contribution in [0.5, 0.6) is 11.6 Å². The Labute approximate surface area is 169 Å². The number of para-hydroxylation sites is 1. The van der Waals surface area contributed by atoms with Gasteiger partial charge in [0, 0.05) is 50.6 Å². The highest BCUT2D eigenvalue weighted by Crippen LogP contribution is 2.26. The summed E-state index contributed by atoms with van der Waals surface area (Å²) in [4.78, 5) is 19.6. The zero-order valence-corrected chi connectivity index (χ0v) is 16.5. The molecular weight excluding hydrogens is 368 g/mol. The molecule has 1 aliphatic heterocycles. The van der Waals surface area contributed by atoms with E-state index in [1.54, 1.807) is 36.1 Å². The lowest BCUT2D eigenvalue weighted by molar-refractivity contribution is 0.102. The van der Waals surface area contributed by atoms with Crippen LogP contribution in [0.1, 0.15) is 16.8 Å². The Balaban J connectivity index is 1.64. The first kappa shape index (κ1) is 18.9. The molecule has 0 saturated carbocycles. The molecule has 2 N–H and O–H groups in total. The lowest BCUT2D eigenvalue weighted by Gasteiger charge is -2.25. The van der Waals surface area contributed by atoms with Gasteiger partial charge in [-0.05, 0) is 31.2 Å². The summed E-state index contributed by atoms with van der Waals surface area (Å²) in [6.07, 6.45) is 2.80. The Morgan fingerprint density at radius 3 is 2.79 bits per heavy atom. The number of hydrogen-bond donors (Lipinski definition) is 2. The third-order valence-electron chi connectivity index (χ3n) is 4.91. The third-order valence-corrected chi connectivity index (χ3v) is 4.91. The van der Waals surface area contributed by atoms with Crippen LogP contribution in [0.2, 0.25) is 0 Å². The van der Waals surface area contributed by atoms with Crippen molar-refractivity contribution in [1.29, 1.82) is 0 Å². The van der Waals surface area contributed by atoms with E-state index in [2.05, 4.69) is 25.6 Å². The number of nitrogens with one attached hydrogen (secondary N) is 2. The number of aromatic nitrogens is 3. The fraction of sp³-hybridized carbons (Fsp3) is 0.286. The predicted octanol–water partition coefficient (Wildman–Crippen LogP) is 2.66. The summed E-state index contributed by atoms with van der Waals surface area (Å²) < 4.78 is 7.56. The number of anilines is 2. The highest BCUT2D eigenvalue weighted by atomic mass is 16.5. The van der Waals surface area contributed by atoms with Crippen molar-refractivity contribution < 1.29 is 9.53 Å². The maximum atomic E-state index is 12.8. The lowest BCUT2D eigenvalue weighted by atomic mass is 10.2. The van der Waals surface area contributed by atoms with E-state index in [1.807, 2.05) is 37.4 Å². The molecule has 1 fully saturated rings. The second-order valence-corrected chi connectivity index (χ2v) is 7.05. The van der Waals surface area contributed by atoms with E-state index in [0.29, 0.717) is 34.9 Å². The number of aryl methyl sites for hydroxylation is 1. The summed E-state index contributed by atoms with van der Waals surface area (Å²) >= 11 is 0. The van der Waals surface area contributed by atoms with Gasteiger partial charge in [-0.15, -0.1) is 0 Å². The molecule has 8 nitrogen and oxygen atoms in total. The van der Waals surface area contributed by atoms with Gasteiger partial charge in [0.05, 0.1) is 0 Å². The molecule has 0 aliphatic carbocycles. The zero-order chi connectivity index (χ0) is 20.2. The minimum absolute atomic E-state index is 0.261. The van der Waals surface area contributed by atoms with Crippen LogP contribution < -0.4 is 20.3 Å². The first-order valence-corrected chi connectivity index (χ1v) is 9.58. The molecule has 0 bridgehead atoms. The number of hydrogen-bond acceptors (Lipinski definition) is 6. The van der Waals surface area contributed by atoms with Crippen LogP contribution in [-0.2, 0) is 7.05 Å². The number of nitrogens with zero attached hydrogens (tertiary/aromatic N) is 4. The molecule has 4 rings (SSSR count). The van der Waals surface area contributed by atoms with Gasteiger partial charge in [0.2, 0.25) is 5.88 Å². The monoisotopic (exact) mass is 392 g/mol. The second-order valence-electron chi connectivity index (χ2n) is 7.05. The largest absolute Gasteiger partial charge is 0.439 e. The molecule has 1 saturated heterocycles. The van der Waals surface area contributed by atoms with Gasteiger partial charge in [0.15, 0.2) is 5.82 Å². The van der Waals surface area contributed by atoms with E-state index in [0.717, 1.165) is 19.5 Å². The van der Waals surface area contributed by atoms with E-state index in [1.165, 1.54) is 0 Å². The van der Waals surface area contributed by atoms with Crippen molar-refractivity contribution in [2.45, 2.75) is 12.5 Å². The topological polar surface area (TPSA) is 84.3 Å². The van der Waals surface area contributed by atoms with Gasteiger partial charge in [-0.2, -0.15) is 10.1 Å². The lowest BCUT2D eigenvalue weighted by Crippen LogP contribution is -2.34. The van der Waals surface area contributed by atoms with E-state index in [4.69, 9.17) is 4.74 Å². The molecule has 0 radical (unpaired) electrons. The third kappa shape index (κ3) is 4.55. The first-order valence-electron chi connectivity index (χ1n) is 9.58. The van der Waals surface area contributed by atoms with Crippen molar-refractivity contribution in [2.75, 3.05) is 30.4 Å². The van der Waals surface area contributed by atoms with Crippen molar-refractivity contribution in [3.8, 4) is 11.6 Å². The summed E-state index contributed by atoms with van der Waals surface area (Å²) in [5.41, 5.74) is 0.462. The molecule has 2 aromatic heterocycles. The van der Waals surface area contributed by atoms with E-state index in [-0.39, 0.29) is 5.91 Å². The zero-order valence-electron chi connectivity index (χ0n) is 16.5. The van der Waals surface area contributed by atoms with Gasteiger partial charge in [-0.25, -0.2) is 0 Å². The number of rotatable bonds is 6. The molecule has 0 spiro atoms. The molecule has 3 aromatic rings. The standard InChI is InChI=1S/C21H24N6O2/c1-26-11-9-18(25-26)23-21(28)15-12-19(27(2)16-8-10-22-14-16)24-20(13-15)29-17-6-4-3-5-7-17/h3-7,9,11-13,16,22H,8,10,14H2,1-2H3,(H,23,25,28). The molecule has 8 heteroatoms. The van der Waals surface area contributed by atoms with Crippen molar-refractivity contribution in [1.82, 2.24) is 20.1 Å². The van der Waals surface area contributed by atoms with Gasteiger partial charge >= 0.3 is 0 Å². The van der Waals surface area contributed by atoms with Gasteiger partial charge in [-0.3, -0.25) is 9.48 Å². The van der Waals surface area contributed by atoms with Crippen LogP contribution in [0.4, 0.5) is 11.6 Å². The average Bonchev–Trinajstić information content (AvgIpc) is 3.40. The number of likely N-dealkylation sites (N-methyl/N-ethyl adjacent to an activating group) is 1. The molecular formula is C21H24N6O2. The number of carbonyl (C=O) groups excluding carboxylic acids is 1. The minimum Gasteiger partial charge on any atom is -0.439 e. The van der Waals surface area contributed by atoms with E-state index < -0.39 is 0 Å². The Morgan fingerprint density at radius 2 is 2.10 bits per heavy atom. The first-order chi connectivity index (χ1) is 14.1. The van der Waals surface area contributed by atoms with E-state index in [9.17, 15) is 4.79 Å². The number of amides is 1. The number of carbonyl (C=O) groups is 1. The maximum Gasteiger partial charge on any atom is 0.257 e. The molecule has 1 amide bonds. The summed E-state index contributed by atoms with van der Waals surface area (Å²) in [6.45, 7) is 1.86. The molecule has 1 atom stereocenters. The van der Waals surface area contributed by atoms with Gasteiger partial charge in [0.1, 0.15) is 11.6 Å². The summed E-state index contributed by atoms with van der Waals surface area (Å²) in [5.74, 6) is 1.97. The van der Waals surface area contributed by atoms with Crippen LogP contribution in [0.3, 0.4) is 0 Å². The Morgan fingerprint density at radius 1 is 1.28 bits per heavy atom. The fourth-order valence-electron chi connectivity index (χ4n) is 3.29. The van der Waals surface area contributed by atoms with Crippen LogP contribution in [-0.4, -0.2) is 46.9 Å². The SMILES string of the molecule is CN(c1cc(C(=O)Nc2ccn(C)n2)cc(Oc2ccccc2)n1)C1CCNC1. The Bertz CT molecular complexity index is 982. The van der Waals surface area contributed by atoms with Crippen molar-refractivity contribution >= 4 is 17.5 Å². The molecule has 150 valence electrons. The summed E-state index contributed by atoms with van der Waals surface area (Å²) in [5, 5.41) is 10.4. The molecule has 1 aliphatic rings. The molecule has 3 heterocycles. The van der Waals surface area contributed by atoms with Crippen LogP contribution in [0.15, 0.2) is 54.7 Å². The Kier molecular flexibility index (Phi) is 5.44. The number of ether oxygens (including phenoxy) is 1. The highest BCUT2D eigenvalue weighted by molar-refractivity contribution is 6.04. The minimum atomic E-state index is -0.261. The van der Waals surface area contributed by atoms with Gasteiger partial charge in [-0.1, -0.05) is 18.2 Å². The van der Waals surface area contributed by atoms with Crippen LogP contribution in [0, 0.1) is 0 Å².